The fourth-order valence-electron chi connectivity index (χ4n) is 4.56. The smallest absolute Gasteiger partial charge is 0.410 e. The van der Waals surface area contributed by atoms with Gasteiger partial charge in [0.1, 0.15) is 0 Å². The van der Waals surface area contributed by atoms with Crippen molar-refractivity contribution in [3.63, 3.8) is 0 Å². The van der Waals surface area contributed by atoms with Crippen LogP contribution in [0.1, 0.15) is 22.3 Å². The molecule has 3 aromatic rings. The molecule has 5 heteroatoms. The van der Waals surface area contributed by atoms with E-state index in [2.05, 4.69) is 0 Å². The Kier molecular flexibility index (Phi) is 4.94. The highest BCUT2D eigenvalue weighted by atomic mass is 16.6. The summed E-state index contributed by atoms with van der Waals surface area (Å²) in [5.41, 5.74) is 3.06. The largest absolute Gasteiger partial charge is 0.439 e. The van der Waals surface area contributed by atoms with Gasteiger partial charge in [0.05, 0.1) is 13.1 Å². The predicted octanol–water partition coefficient (Wildman–Crippen LogP) is 4.59. The molecule has 31 heavy (non-hydrogen) atoms. The Labute approximate surface area is 181 Å². The molecule has 1 spiro atoms. The molecule has 0 bridgehead atoms. The number of nitrogens with zero attached hydrogens (tertiary/aromatic N) is 2. The molecule has 2 aliphatic rings. The minimum absolute atomic E-state index is 0.0195. The van der Waals surface area contributed by atoms with Crippen LogP contribution in [0, 0.1) is 0 Å². The Morgan fingerprint density at radius 2 is 1.55 bits per heavy atom. The summed E-state index contributed by atoms with van der Waals surface area (Å²) in [7, 11) is 0. The van der Waals surface area contributed by atoms with Gasteiger partial charge >= 0.3 is 6.09 Å². The summed E-state index contributed by atoms with van der Waals surface area (Å²) >= 11 is 0. The van der Waals surface area contributed by atoms with Crippen LogP contribution in [0.2, 0.25) is 0 Å². The van der Waals surface area contributed by atoms with Gasteiger partial charge in [-0.05, 0) is 22.8 Å². The number of carbonyl (C=O) groups excluding carboxylic acids is 2. The molecule has 3 aromatic carbocycles. The molecule has 0 radical (unpaired) electrons. The molecule has 5 rings (SSSR count). The first-order valence-electron chi connectivity index (χ1n) is 10.6. The van der Waals surface area contributed by atoms with Crippen molar-refractivity contribution in [3.05, 3.63) is 96.1 Å². The molecule has 0 N–H and O–H groups in total. The van der Waals surface area contributed by atoms with Crippen LogP contribution in [0.5, 0.6) is 0 Å². The highest BCUT2D eigenvalue weighted by Gasteiger charge is 2.50. The van der Waals surface area contributed by atoms with Crippen LogP contribution in [0.25, 0.3) is 11.1 Å². The zero-order chi connectivity index (χ0) is 21.3. The summed E-state index contributed by atoms with van der Waals surface area (Å²) in [5.74, 6) is -0.0195. The van der Waals surface area contributed by atoms with E-state index in [0.717, 1.165) is 16.7 Å². The first kappa shape index (κ1) is 19.4. The lowest BCUT2D eigenvalue weighted by Gasteiger charge is -2.23. The van der Waals surface area contributed by atoms with Crippen LogP contribution in [0.4, 0.5) is 4.79 Å². The summed E-state index contributed by atoms with van der Waals surface area (Å²) in [4.78, 5) is 29.5. The van der Waals surface area contributed by atoms with Gasteiger partial charge < -0.3 is 9.64 Å². The monoisotopic (exact) mass is 412 g/mol. The third-order valence-corrected chi connectivity index (χ3v) is 6.10. The molecule has 5 nitrogen and oxygen atoms in total. The van der Waals surface area contributed by atoms with E-state index in [-0.39, 0.29) is 12.0 Å². The fraction of sp³-hybridized carbons (Fsp3) is 0.231. The first-order chi connectivity index (χ1) is 15.1. The number of benzene rings is 3. The summed E-state index contributed by atoms with van der Waals surface area (Å²) in [6, 6.07) is 27.5. The van der Waals surface area contributed by atoms with E-state index in [1.807, 2.05) is 89.8 Å². The van der Waals surface area contributed by atoms with Crippen LogP contribution < -0.4 is 0 Å². The van der Waals surface area contributed by atoms with Crippen molar-refractivity contribution in [1.82, 2.24) is 9.80 Å². The maximum absolute atomic E-state index is 13.4. The predicted molar refractivity (Wildman–Crippen MR) is 118 cm³/mol. The quantitative estimate of drug-likeness (QED) is 0.630. The van der Waals surface area contributed by atoms with E-state index in [0.29, 0.717) is 38.2 Å². The van der Waals surface area contributed by atoms with E-state index < -0.39 is 5.60 Å². The number of carbonyl (C=O) groups is 2. The van der Waals surface area contributed by atoms with Crippen LogP contribution >= 0.6 is 0 Å². The standard InChI is InChI=1S/C26H24N2O3/c29-24(23-14-8-7-13-22(23)21-11-5-2-6-12-21)27-16-15-26(18-27)19-28(25(30)31-26)17-20-9-3-1-4-10-20/h1-14H,15-19H2. The maximum atomic E-state index is 13.4. The topological polar surface area (TPSA) is 49.9 Å². The van der Waals surface area contributed by atoms with Gasteiger partial charge in [-0.15, -0.1) is 0 Å². The lowest BCUT2D eigenvalue weighted by molar-refractivity contribution is 0.0553. The average Bonchev–Trinajstić information content (AvgIpc) is 3.36. The molecule has 2 aliphatic heterocycles. The van der Waals surface area contributed by atoms with Crippen molar-refractivity contribution < 1.29 is 14.3 Å². The van der Waals surface area contributed by atoms with E-state index in [1.165, 1.54) is 0 Å². The van der Waals surface area contributed by atoms with Crippen molar-refractivity contribution in [3.8, 4) is 11.1 Å². The molecule has 2 fully saturated rings. The molecular formula is C26H24N2O3. The highest BCUT2D eigenvalue weighted by Crippen LogP contribution is 2.35. The van der Waals surface area contributed by atoms with Crippen LogP contribution in [-0.4, -0.2) is 47.0 Å². The molecule has 1 atom stereocenters. The van der Waals surface area contributed by atoms with E-state index in [9.17, 15) is 9.59 Å². The Balaban J connectivity index is 1.32. The zero-order valence-electron chi connectivity index (χ0n) is 17.2. The Morgan fingerprint density at radius 1 is 0.871 bits per heavy atom. The molecule has 2 saturated heterocycles. The summed E-state index contributed by atoms with van der Waals surface area (Å²) in [6.07, 6.45) is 0.353. The van der Waals surface area contributed by atoms with Gasteiger partial charge in [0, 0.05) is 25.1 Å². The first-order valence-corrected chi connectivity index (χ1v) is 10.6. The van der Waals surface area contributed by atoms with Crippen LogP contribution in [0.3, 0.4) is 0 Å². The SMILES string of the molecule is O=C1OC2(CCN(C(=O)c3ccccc3-c3ccccc3)C2)CN1Cc1ccccc1. The molecule has 2 heterocycles. The van der Waals surface area contributed by atoms with Gasteiger partial charge in [-0.1, -0.05) is 78.9 Å². The molecule has 0 aliphatic carbocycles. The second-order valence-electron chi connectivity index (χ2n) is 8.28. The number of amides is 2. The summed E-state index contributed by atoms with van der Waals surface area (Å²) in [6.45, 7) is 2.03. The second kappa shape index (κ2) is 7.91. The number of ether oxygens (including phenoxy) is 1. The molecule has 156 valence electrons. The van der Waals surface area contributed by atoms with Gasteiger partial charge in [0.15, 0.2) is 5.60 Å². The molecular weight excluding hydrogens is 388 g/mol. The minimum atomic E-state index is -0.622. The lowest BCUT2D eigenvalue weighted by Crippen LogP contribution is -2.39. The lowest BCUT2D eigenvalue weighted by atomic mass is 9.99. The van der Waals surface area contributed by atoms with Gasteiger partial charge in [0.2, 0.25) is 0 Å². The van der Waals surface area contributed by atoms with Gasteiger partial charge in [-0.2, -0.15) is 0 Å². The normalized spacial score (nSPS) is 20.3. The molecule has 1 unspecified atom stereocenters. The second-order valence-corrected chi connectivity index (χ2v) is 8.28. The summed E-state index contributed by atoms with van der Waals surface area (Å²) in [5, 5.41) is 0. The van der Waals surface area contributed by atoms with E-state index in [4.69, 9.17) is 4.74 Å². The van der Waals surface area contributed by atoms with E-state index in [1.54, 1.807) is 4.90 Å². The van der Waals surface area contributed by atoms with Gasteiger partial charge in [-0.3, -0.25) is 9.69 Å². The van der Waals surface area contributed by atoms with Crippen molar-refractivity contribution >= 4 is 12.0 Å². The number of rotatable bonds is 4. The summed E-state index contributed by atoms with van der Waals surface area (Å²) < 4.78 is 5.82. The molecule has 0 aromatic heterocycles. The number of hydrogen-bond donors (Lipinski definition) is 0. The van der Waals surface area contributed by atoms with Crippen molar-refractivity contribution in [2.24, 2.45) is 0 Å². The van der Waals surface area contributed by atoms with Crippen LogP contribution in [0.15, 0.2) is 84.9 Å². The maximum Gasteiger partial charge on any atom is 0.410 e. The molecule has 0 saturated carbocycles. The van der Waals surface area contributed by atoms with Crippen molar-refractivity contribution in [2.75, 3.05) is 19.6 Å². The molecule has 2 amide bonds. The van der Waals surface area contributed by atoms with Gasteiger partial charge in [0.25, 0.3) is 5.91 Å². The number of hydrogen-bond acceptors (Lipinski definition) is 3. The Morgan fingerprint density at radius 3 is 2.32 bits per heavy atom. The fourth-order valence-corrected chi connectivity index (χ4v) is 4.56. The highest BCUT2D eigenvalue weighted by molar-refractivity contribution is 6.01. The third-order valence-electron chi connectivity index (χ3n) is 6.10. The van der Waals surface area contributed by atoms with Gasteiger partial charge in [-0.25, -0.2) is 4.79 Å². The van der Waals surface area contributed by atoms with Crippen molar-refractivity contribution in [1.29, 1.82) is 0 Å². The van der Waals surface area contributed by atoms with Crippen LogP contribution in [-0.2, 0) is 11.3 Å². The zero-order valence-corrected chi connectivity index (χ0v) is 17.2. The average molecular weight is 412 g/mol. The minimum Gasteiger partial charge on any atom is -0.439 e. The number of likely N-dealkylation sites (tertiary alicyclic amines) is 1. The van der Waals surface area contributed by atoms with Crippen molar-refractivity contribution in [2.45, 2.75) is 18.6 Å². The van der Waals surface area contributed by atoms with E-state index >= 15 is 0 Å². The Bertz CT molecular complexity index is 1100. The third kappa shape index (κ3) is 3.79. The Hall–Kier alpha value is -3.60.